The number of carbonyl (C=O) groups is 1. The van der Waals surface area contributed by atoms with Crippen LogP contribution in [0.25, 0.3) is 0 Å². The molecule has 0 aromatic carbocycles. The van der Waals surface area contributed by atoms with Gasteiger partial charge in [0.1, 0.15) is 0 Å². The first-order valence-corrected chi connectivity index (χ1v) is 12.3. The number of fused-ring (bicyclic) bond motifs is 5. The number of Topliss-reactive ketones (excluding diaryl/α,β-unsaturated/α-hetero) is 1. The summed E-state index contributed by atoms with van der Waals surface area (Å²) in [6.45, 7) is 9.93. The fourth-order valence-corrected chi connectivity index (χ4v) is 8.97. The Bertz CT molecular complexity index is 648. The maximum absolute atomic E-state index is 13.4. The van der Waals surface area contributed by atoms with Crippen LogP contribution in [0, 0.1) is 58.7 Å². The summed E-state index contributed by atoms with van der Waals surface area (Å²) in [4.78, 5) is 13.4. The van der Waals surface area contributed by atoms with Gasteiger partial charge in [-0.2, -0.15) is 0 Å². The summed E-state index contributed by atoms with van der Waals surface area (Å²) in [6, 6.07) is 0. The lowest BCUT2D eigenvalue weighted by Gasteiger charge is -2.56. The molecule has 164 valence electrons. The number of nitrogens with two attached hydrogens (primary N) is 2. The summed E-state index contributed by atoms with van der Waals surface area (Å²) in [5.74, 6) is 13.0. The molecule has 4 aliphatic rings. The van der Waals surface area contributed by atoms with Crippen LogP contribution in [0.2, 0.25) is 0 Å². The number of ketones is 1. The summed E-state index contributed by atoms with van der Waals surface area (Å²) < 4.78 is 0. The number of hydrazine groups is 1. The zero-order valence-corrected chi connectivity index (χ0v) is 19.0. The van der Waals surface area contributed by atoms with E-state index in [1.165, 1.54) is 56.2 Å². The molecule has 0 radical (unpaired) electrons. The Morgan fingerprint density at radius 1 is 1.17 bits per heavy atom. The van der Waals surface area contributed by atoms with Gasteiger partial charge in [0.2, 0.25) is 0 Å². The molecule has 4 rings (SSSR count). The third-order valence-electron chi connectivity index (χ3n) is 9.95. The van der Waals surface area contributed by atoms with Gasteiger partial charge in [-0.3, -0.25) is 4.79 Å². The van der Waals surface area contributed by atoms with Crippen LogP contribution in [-0.2, 0) is 4.79 Å². The monoisotopic (exact) mass is 401 g/mol. The van der Waals surface area contributed by atoms with Crippen molar-refractivity contribution in [1.29, 1.82) is 0 Å². The Kier molecular flexibility index (Phi) is 5.78. The molecular weight excluding hydrogens is 358 g/mol. The van der Waals surface area contributed by atoms with Crippen LogP contribution in [0.15, 0.2) is 12.4 Å². The Morgan fingerprint density at radius 2 is 1.93 bits per heavy atom. The van der Waals surface area contributed by atoms with Crippen molar-refractivity contribution < 1.29 is 4.79 Å². The highest BCUT2D eigenvalue weighted by Gasteiger charge is 2.73. The minimum atomic E-state index is 0.184. The molecule has 0 heterocycles. The Hall–Kier alpha value is -1.03. The Morgan fingerprint density at radius 3 is 2.59 bits per heavy atom. The summed E-state index contributed by atoms with van der Waals surface area (Å²) in [5.41, 5.74) is 5.65. The smallest absolute Gasteiger partial charge is 0.157 e. The van der Waals surface area contributed by atoms with Crippen molar-refractivity contribution in [1.82, 2.24) is 5.01 Å². The van der Waals surface area contributed by atoms with E-state index in [1.54, 1.807) is 6.20 Å². The second-order valence-corrected chi connectivity index (χ2v) is 11.1. The van der Waals surface area contributed by atoms with Crippen molar-refractivity contribution in [2.75, 3.05) is 6.54 Å². The third-order valence-corrected chi connectivity index (χ3v) is 9.95. The zero-order chi connectivity index (χ0) is 20.9. The minimum Gasteiger partial charge on any atom is -0.403 e. The van der Waals surface area contributed by atoms with Crippen molar-refractivity contribution >= 4 is 5.78 Å². The fourth-order valence-electron chi connectivity index (χ4n) is 8.97. The van der Waals surface area contributed by atoms with Gasteiger partial charge in [0.15, 0.2) is 5.78 Å². The molecule has 4 fully saturated rings. The molecule has 0 bridgehead atoms. The molecule has 0 aromatic heterocycles. The van der Waals surface area contributed by atoms with Crippen LogP contribution in [-0.4, -0.2) is 17.3 Å². The summed E-state index contributed by atoms with van der Waals surface area (Å²) >= 11 is 0. The molecule has 4 aliphatic carbocycles. The third kappa shape index (κ3) is 3.25. The topological polar surface area (TPSA) is 72.3 Å². The van der Waals surface area contributed by atoms with E-state index in [4.69, 9.17) is 11.6 Å². The Balaban J connectivity index is 1.59. The van der Waals surface area contributed by atoms with E-state index >= 15 is 0 Å². The van der Waals surface area contributed by atoms with Gasteiger partial charge in [0, 0.05) is 18.3 Å². The molecule has 0 saturated heterocycles. The molecule has 0 aromatic rings. The second-order valence-electron chi connectivity index (χ2n) is 11.1. The lowest BCUT2D eigenvalue weighted by molar-refractivity contribution is -0.134. The first-order chi connectivity index (χ1) is 13.9. The van der Waals surface area contributed by atoms with Crippen LogP contribution >= 0.6 is 0 Å². The highest BCUT2D eigenvalue weighted by atomic mass is 16.1. The second kappa shape index (κ2) is 7.90. The van der Waals surface area contributed by atoms with Gasteiger partial charge in [0.05, 0.1) is 6.54 Å². The van der Waals surface area contributed by atoms with E-state index in [-0.39, 0.29) is 11.3 Å². The van der Waals surface area contributed by atoms with Gasteiger partial charge in [-0.05, 0) is 78.4 Å². The molecule has 0 spiro atoms. The van der Waals surface area contributed by atoms with Crippen LogP contribution in [0.3, 0.4) is 0 Å². The molecule has 0 aliphatic heterocycles. The van der Waals surface area contributed by atoms with E-state index in [9.17, 15) is 4.79 Å². The molecule has 10 atom stereocenters. The number of rotatable bonds is 7. The maximum atomic E-state index is 13.4. The van der Waals surface area contributed by atoms with E-state index in [0.717, 1.165) is 35.5 Å². The average molecular weight is 402 g/mol. The lowest BCUT2D eigenvalue weighted by atomic mass is 9.49. The Labute approximate surface area is 177 Å². The first-order valence-electron chi connectivity index (χ1n) is 12.3. The van der Waals surface area contributed by atoms with Gasteiger partial charge in [-0.15, -0.1) is 0 Å². The van der Waals surface area contributed by atoms with Crippen LogP contribution in [0.1, 0.15) is 72.6 Å². The first kappa shape index (κ1) is 21.2. The van der Waals surface area contributed by atoms with Gasteiger partial charge in [-0.1, -0.05) is 47.0 Å². The summed E-state index contributed by atoms with van der Waals surface area (Å²) in [7, 11) is 0. The van der Waals surface area contributed by atoms with Crippen molar-refractivity contribution in [3.8, 4) is 0 Å². The van der Waals surface area contributed by atoms with Crippen molar-refractivity contribution in [2.24, 2.45) is 70.3 Å². The number of hydrogen-bond acceptors (Lipinski definition) is 4. The highest BCUT2D eigenvalue weighted by molar-refractivity contribution is 5.85. The molecule has 29 heavy (non-hydrogen) atoms. The van der Waals surface area contributed by atoms with Crippen molar-refractivity contribution in [3.63, 3.8) is 0 Å². The number of hydrogen-bond donors (Lipinski definition) is 2. The fraction of sp³-hybridized carbons (Fsp3) is 0.880. The maximum Gasteiger partial charge on any atom is 0.157 e. The molecule has 0 amide bonds. The van der Waals surface area contributed by atoms with Gasteiger partial charge in [0.25, 0.3) is 0 Å². The molecule has 4 saturated carbocycles. The number of carbonyl (C=O) groups excluding carboxylic acids is 1. The minimum absolute atomic E-state index is 0.184. The highest BCUT2D eigenvalue weighted by Crippen LogP contribution is 2.76. The molecule has 4 N–H and O–H groups in total. The SMILES string of the molecule is CCCC1C(CC)CCC2C1CCC1(C)C(C(=O)CN(N)/C=C\N)C3C(C)C3C21. The largest absolute Gasteiger partial charge is 0.403 e. The van der Waals surface area contributed by atoms with Crippen molar-refractivity contribution in [2.45, 2.75) is 72.6 Å². The van der Waals surface area contributed by atoms with Crippen molar-refractivity contribution in [3.05, 3.63) is 12.4 Å². The molecule has 10 unspecified atom stereocenters. The summed E-state index contributed by atoms with van der Waals surface area (Å²) in [5, 5.41) is 1.47. The van der Waals surface area contributed by atoms with Gasteiger partial charge in [-0.25, -0.2) is 5.84 Å². The molecule has 4 heteroatoms. The predicted octanol–water partition coefficient (Wildman–Crippen LogP) is 4.56. The van der Waals surface area contributed by atoms with Crippen LogP contribution < -0.4 is 11.6 Å². The van der Waals surface area contributed by atoms with Crippen LogP contribution in [0.4, 0.5) is 0 Å². The average Bonchev–Trinajstić information content (AvgIpc) is 3.19. The summed E-state index contributed by atoms with van der Waals surface area (Å²) in [6.07, 6.45) is 12.5. The van der Waals surface area contributed by atoms with Crippen LogP contribution in [0.5, 0.6) is 0 Å². The predicted molar refractivity (Wildman–Crippen MR) is 118 cm³/mol. The molecular formula is C25H43N3O. The van der Waals surface area contributed by atoms with E-state index in [1.807, 2.05) is 0 Å². The zero-order valence-electron chi connectivity index (χ0n) is 19.0. The molecule has 4 nitrogen and oxygen atoms in total. The van der Waals surface area contributed by atoms with Gasteiger partial charge >= 0.3 is 0 Å². The normalized spacial score (nSPS) is 48.1. The van der Waals surface area contributed by atoms with Gasteiger partial charge < -0.3 is 10.7 Å². The lowest BCUT2D eigenvalue weighted by Crippen LogP contribution is -2.51. The van der Waals surface area contributed by atoms with E-state index < -0.39 is 0 Å². The quantitative estimate of drug-likeness (QED) is 0.484. The van der Waals surface area contributed by atoms with E-state index in [0.29, 0.717) is 24.2 Å². The van der Waals surface area contributed by atoms with E-state index in [2.05, 4.69) is 27.7 Å². The number of nitrogens with zero attached hydrogens (tertiary/aromatic N) is 1. The standard InChI is InChI=1S/C25H43N3O/c1-5-7-17-16(6-2)8-9-19-18(17)10-11-25(4)23(19)21-15(3)22(21)24(25)20(29)14-28(27)13-12-26/h12-13,15-19,21-24H,5-11,14,26-27H2,1-4H3/b13-12-.